The number of carbonyl (C=O) groups is 1. The van der Waals surface area contributed by atoms with Crippen molar-refractivity contribution in [1.82, 2.24) is 5.32 Å². The lowest BCUT2D eigenvalue weighted by molar-refractivity contribution is 0.248. The monoisotopic (exact) mass is 305 g/mol. The van der Waals surface area contributed by atoms with Crippen LogP contribution in [0.5, 0.6) is 0 Å². The van der Waals surface area contributed by atoms with E-state index in [9.17, 15) is 4.79 Å². The van der Waals surface area contributed by atoms with E-state index in [0.29, 0.717) is 11.1 Å². The Balaban J connectivity index is 2.33. The molecule has 1 aromatic rings. The van der Waals surface area contributed by atoms with Gasteiger partial charge in [0.2, 0.25) is 0 Å². The molecule has 0 bridgehead atoms. The molecule has 1 saturated heterocycles. The summed E-state index contributed by atoms with van der Waals surface area (Å²) in [7, 11) is 0. The van der Waals surface area contributed by atoms with Gasteiger partial charge in [-0.05, 0) is 38.8 Å². The van der Waals surface area contributed by atoms with E-state index in [1.807, 2.05) is 56.0 Å². The van der Waals surface area contributed by atoms with Crippen molar-refractivity contribution in [2.45, 2.75) is 45.5 Å². The Morgan fingerprint density at radius 1 is 1.24 bits per heavy atom. The predicted octanol–water partition coefficient (Wildman–Crippen LogP) is 4.09. The summed E-state index contributed by atoms with van der Waals surface area (Å²) in [5.74, 6) is 0.325. The van der Waals surface area contributed by atoms with E-state index in [2.05, 4.69) is 24.2 Å². The highest BCUT2D eigenvalue weighted by molar-refractivity contribution is 8.14. The molecular formula is C16H23N3OS. The molecule has 1 atom stereocenters. The summed E-state index contributed by atoms with van der Waals surface area (Å²) in [4.78, 5) is 18.9. The number of hydrogen-bond donors (Lipinski definition) is 1. The van der Waals surface area contributed by atoms with Gasteiger partial charge in [-0.2, -0.15) is 0 Å². The van der Waals surface area contributed by atoms with Gasteiger partial charge in [0.25, 0.3) is 0 Å². The van der Waals surface area contributed by atoms with Crippen molar-refractivity contribution in [3.8, 4) is 0 Å². The fraction of sp³-hybridized carbons (Fsp3) is 0.500. The summed E-state index contributed by atoms with van der Waals surface area (Å²) in [6.07, 6.45) is 0. The zero-order valence-electron chi connectivity index (χ0n) is 13.3. The topological polar surface area (TPSA) is 44.7 Å². The van der Waals surface area contributed by atoms with Crippen molar-refractivity contribution >= 4 is 28.6 Å². The summed E-state index contributed by atoms with van der Waals surface area (Å²) < 4.78 is 0. The van der Waals surface area contributed by atoms with Crippen LogP contribution in [-0.2, 0) is 0 Å². The molecule has 1 heterocycles. The van der Waals surface area contributed by atoms with Crippen LogP contribution in [0.2, 0.25) is 0 Å². The second kappa shape index (κ2) is 6.10. The Labute approximate surface area is 131 Å². The van der Waals surface area contributed by atoms with Gasteiger partial charge in [0.15, 0.2) is 5.17 Å². The third-order valence-electron chi connectivity index (χ3n) is 2.96. The number of nitrogens with zero attached hydrogens (tertiary/aromatic N) is 2. The zero-order chi connectivity index (χ0) is 15.6. The molecule has 1 aliphatic rings. The Morgan fingerprint density at radius 3 is 2.38 bits per heavy atom. The van der Waals surface area contributed by atoms with Gasteiger partial charge >= 0.3 is 6.03 Å². The smallest absolute Gasteiger partial charge is 0.287 e. The first-order chi connectivity index (χ1) is 9.78. The van der Waals surface area contributed by atoms with Gasteiger partial charge in [0.1, 0.15) is 0 Å². The Morgan fingerprint density at radius 2 is 1.86 bits per heavy atom. The number of aliphatic imine (C=N–C) groups is 1. The predicted molar refractivity (Wildman–Crippen MR) is 90.9 cm³/mol. The number of amides is 2. The molecule has 21 heavy (non-hydrogen) atoms. The van der Waals surface area contributed by atoms with Gasteiger partial charge in [-0.3, -0.25) is 15.2 Å². The minimum Gasteiger partial charge on any atom is -0.287 e. The number of amidine groups is 1. The van der Waals surface area contributed by atoms with Crippen LogP contribution < -0.4 is 10.2 Å². The van der Waals surface area contributed by atoms with Crippen LogP contribution in [0.25, 0.3) is 0 Å². The molecule has 1 unspecified atom stereocenters. The first-order valence-corrected chi connectivity index (χ1v) is 8.07. The van der Waals surface area contributed by atoms with Crippen molar-refractivity contribution in [1.29, 1.82) is 0 Å². The molecule has 0 aliphatic carbocycles. The fourth-order valence-corrected chi connectivity index (χ4v) is 3.41. The first-order valence-electron chi connectivity index (χ1n) is 7.20. The number of para-hydroxylation sites is 1. The number of nitrogens with one attached hydrogen (secondary N) is 1. The SMILES string of the molecule is CC(C)C1SC(=NC(C)(C)C)NC(=O)N1c1ccccc1. The number of rotatable bonds is 2. The van der Waals surface area contributed by atoms with Crippen molar-refractivity contribution in [3.05, 3.63) is 30.3 Å². The quantitative estimate of drug-likeness (QED) is 0.894. The van der Waals surface area contributed by atoms with E-state index >= 15 is 0 Å². The number of benzene rings is 1. The summed E-state index contributed by atoms with van der Waals surface area (Å²) in [6.45, 7) is 10.3. The summed E-state index contributed by atoms with van der Waals surface area (Å²) in [5.41, 5.74) is 0.711. The minimum absolute atomic E-state index is 0.0437. The van der Waals surface area contributed by atoms with Crippen LogP contribution >= 0.6 is 11.8 Å². The summed E-state index contributed by atoms with van der Waals surface area (Å²) in [5, 5.41) is 3.66. The minimum atomic E-state index is -0.202. The summed E-state index contributed by atoms with van der Waals surface area (Å²) >= 11 is 1.62. The summed E-state index contributed by atoms with van der Waals surface area (Å²) in [6, 6.07) is 9.66. The molecular weight excluding hydrogens is 282 g/mol. The largest absolute Gasteiger partial charge is 0.328 e. The van der Waals surface area contributed by atoms with Crippen molar-refractivity contribution in [2.75, 3.05) is 4.90 Å². The number of urea groups is 1. The number of anilines is 1. The number of thioether (sulfide) groups is 1. The molecule has 1 aliphatic heterocycles. The van der Waals surface area contributed by atoms with Crippen LogP contribution in [0.4, 0.5) is 10.5 Å². The lowest BCUT2D eigenvalue weighted by atomic mass is 10.1. The van der Waals surface area contributed by atoms with Crippen LogP contribution in [0.3, 0.4) is 0 Å². The molecule has 0 radical (unpaired) electrons. The zero-order valence-corrected chi connectivity index (χ0v) is 14.1. The second-order valence-corrected chi connectivity index (χ2v) is 7.58. The molecule has 0 aromatic heterocycles. The van der Waals surface area contributed by atoms with E-state index < -0.39 is 0 Å². The molecule has 5 heteroatoms. The van der Waals surface area contributed by atoms with Gasteiger partial charge in [0.05, 0.1) is 10.9 Å². The van der Waals surface area contributed by atoms with Crippen LogP contribution in [0.1, 0.15) is 34.6 Å². The first kappa shape index (κ1) is 15.9. The fourth-order valence-electron chi connectivity index (χ4n) is 2.11. The lowest BCUT2D eigenvalue weighted by Gasteiger charge is -2.38. The van der Waals surface area contributed by atoms with Crippen molar-refractivity contribution < 1.29 is 4.79 Å². The van der Waals surface area contributed by atoms with E-state index in [0.717, 1.165) is 5.69 Å². The third kappa shape index (κ3) is 4.00. The molecule has 2 amide bonds. The third-order valence-corrected chi connectivity index (χ3v) is 4.37. The standard InChI is InChI=1S/C16H23N3OS/c1-11(2)13-19(12-9-7-6-8-10-12)15(20)17-14(21-13)18-16(3,4)5/h6-11,13H,1-5H3,(H,17,18,20). The van der Waals surface area contributed by atoms with Crippen LogP contribution in [-0.4, -0.2) is 22.1 Å². The van der Waals surface area contributed by atoms with Crippen LogP contribution in [0, 0.1) is 5.92 Å². The van der Waals surface area contributed by atoms with Gasteiger partial charge in [-0.1, -0.05) is 43.8 Å². The van der Waals surface area contributed by atoms with E-state index in [1.165, 1.54) is 0 Å². The van der Waals surface area contributed by atoms with E-state index in [4.69, 9.17) is 0 Å². The molecule has 114 valence electrons. The van der Waals surface area contributed by atoms with E-state index in [1.54, 1.807) is 11.8 Å². The Kier molecular flexibility index (Phi) is 4.61. The molecule has 4 nitrogen and oxygen atoms in total. The number of hydrogen-bond acceptors (Lipinski definition) is 3. The Hall–Kier alpha value is -1.49. The molecule has 0 spiro atoms. The highest BCUT2D eigenvalue weighted by Crippen LogP contribution is 2.32. The van der Waals surface area contributed by atoms with Crippen molar-refractivity contribution in [3.63, 3.8) is 0 Å². The lowest BCUT2D eigenvalue weighted by Crippen LogP contribution is -2.54. The molecule has 1 aromatic carbocycles. The second-order valence-electron chi connectivity index (χ2n) is 6.48. The highest BCUT2D eigenvalue weighted by Gasteiger charge is 2.35. The average Bonchev–Trinajstić information content (AvgIpc) is 2.37. The Bertz CT molecular complexity index is 534. The maximum Gasteiger partial charge on any atom is 0.328 e. The number of carbonyl (C=O) groups excluding carboxylic acids is 1. The highest BCUT2D eigenvalue weighted by atomic mass is 32.2. The van der Waals surface area contributed by atoms with Gasteiger partial charge in [-0.25, -0.2) is 4.79 Å². The molecule has 2 rings (SSSR count). The van der Waals surface area contributed by atoms with Gasteiger partial charge < -0.3 is 0 Å². The maximum atomic E-state index is 12.5. The van der Waals surface area contributed by atoms with Gasteiger partial charge in [0, 0.05) is 5.69 Å². The average molecular weight is 305 g/mol. The van der Waals surface area contributed by atoms with Gasteiger partial charge in [-0.15, -0.1) is 0 Å². The van der Waals surface area contributed by atoms with E-state index in [-0.39, 0.29) is 16.9 Å². The maximum absolute atomic E-state index is 12.5. The van der Waals surface area contributed by atoms with Crippen LogP contribution in [0.15, 0.2) is 35.3 Å². The molecule has 0 saturated carbocycles. The normalized spacial score (nSPS) is 21.8. The molecule has 1 fully saturated rings. The molecule has 1 N–H and O–H groups in total. The van der Waals surface area contributed by atoms with Crippen molar-refractivity contribution in [2.24, 2.45) is 10.9 Å².